The Morgan fingerprint density at radius 2 is 1.65 bits per heavy atom. The highest BCUT2D eigenvalue weighted by molar-refractivity contribution is 6.19. The third kappa shape index (κ3) is 2.53. The molecule has 0 N–H and O–H groups in total. The summed E-state index contributed by atoms with van der Waals surface area (Å²) in [5.74, 6) is -0.316. The molecular formula is C17H21NO2. The van der Waals surface area contributed by atoms with Gasteiger partial charge < -0.3 is 0 Å². The van der Waals surface area contributed by atoms with E-state index >= 15 is 0 Å². The van der Waals surface area contributed by atoms with E-state index in [0.717, 1.165) is 12.8 Å². The minimum absolute atomic E-state index is 0.148. The number of nitrogens with zero attached hydrogens (tertiary/aromatic N) is 1. The molecular weight excluding hydrogens is 250 g/mol. The number of hydrogen-bond acceptors (Lipinski definition) is 2. The van der Waals surface area contributed by atoms with E-state index in [2.05, 4.69) is 12.1 Å². The smallest absolute Gasteiger partial charge is 0.257 e. The van der Waals surface area contributed by atoms with Crippen LogP contribution in [0.1, 0.15) is 32.8 Å². The van der Waals surface area contributed by atoms with Crippen LogP contribution in [0, 0.1) is 5.41 Å². The number of imide groups is 1. The zero-order chi connectivity index (χ0) is 14.9. The molecule has 1 aromatic rings. The van der Waals surface area contributed by atoms with Gasteiger partial charge in [-0.05, 0) is 30.7 Å². The summed E-state index contributed by atoms with van der Waals surface area (Å²) >= 11 is 0. The van der Waals surface area contributed by atoms with Gasteiger partial charge in [-0.1, -0.05) is 44.2 Å². The Kier molecular flexibility index (Phi) is 3.80. The fraction of sp³-hybridized carbons (Fsp3) is 0.412. The van der Waals surface area contributed by atoms with Crippen molar-refractivity contribution < 1.29 is 9.59 Å². The highest BCUT2D eigenvalue weighted by Crippen LogP contribution is 2.38. The Bertz CT molecular complexity index is 570. The molecule has 1 aromatic carbocycles. The molecule has 0 aromatic heterocycles. The second kappa shape index (κ2) is 5.23. The molecule has 1 heterocycles. The van der Waals surface area contributed by atoms with Crippen molar-refractivity contribution in [2.24, 2.45) is 5.41 Å². The quantitative estimate of drug-likeness (QED) is 0.790. The van der Waals surface area contributed by atoms with Gasteiger partial charge in [0.25, 0.3) is 11.8 Å². The van der Waals surface area contributed by atoms with E-state index in [4.69, 9.17) is 0 Å². The van der Waals surface area contributed by atoms with Crippen LogP contribution < -0.4 is 0 Å². The van der Waals surface area contributed by atoms with Crippen LogP contribution in [0.3, 0.4) is 0 Å². The fourth-order valence-corrected chi connectivity index (χ4v) is 2.80. The highest BCUT2D eigenvalue weighted by atomic mass is 16.2. The van der Waals surface area contributed by atoms with E-state index in [1.165, 1.54) is 10.5 Å². The van der Waals surface area contributed by atoms with Crippen molar-refractivity contribution in [2.45, 2.75) is 33.6 Å². The summed E-state index contributed by atoms with van der Waals surface area (Å²) in [5, 5.41) is 0. The first-order valence-corrected chi connectivity index (χ1v) is 6.92. The van der Waals surface area contributed by atoms with E-state index in [1.54, 1.807) is 14.0 Å². The first-order chi connectivity index (χ1) is 9.34. The molecule has 1 aliphatic rings. The van der Waals surface area contributed by atoms with Gasteiger partial charge in [-0.25, -0.2) is 0 Å². The highest BCUT2D eigenvalue weighted by Gasteiger charge is 2.40. The van der Waals surface area contributed by atoms with Gasteiger partial charge in [0.2, 0.25) is 0 Å². The molecule has 2 rings (SSSR count). The van der Waals surface area contributed by atoms with E-state index in [9.17, 15) is 9.59 Å². The van der Waals surface area contributed by atoms with Gasteiger partial charge in [-0.2, -0.15) is 0 Å². The molecule has 0 unspecified atom stereocenters. The number of likely N-dealkylation sites (N-methyl/N-ethyl adjacent to an activating group) is 1. The van der Waals surface area contributed by atoms with Crippen molar-refractivity contribution >= 4 is 11.8 Å². The zero-order valence-corrected chi connectivity index (χ0v) is 12.6. The zero-order valence-electron chi connectivity index (χ0n) is 12.6. The average Bonchev–Trinajstić information content (AvgIpc) is 2.62. The van der Waals surface area contributed by atoms with Gasteiger partial charge in [0.15, 0.2) is 0 Å². The summed E-state index contributed by atoms with van der Waals surface area (Å²) in [7, 11) is 1.55. The molecule has 106 valence electrons. The van der Waals surface area contributed by atoms with Gasteiger partial charge in [0.1, 0.15) is 0 Å². The molecule has 0 spiro atoms. The molecule has 0 bridgehead atoms. The number of carbonyl (C=O) groups excluding carboxylic acids is 2. The van der Waals surface area contributed by atoms with Crippen LogP contribution in [-0.4, -0.2) is 23.8 Å². The van der Waals surface area contributed by atoms with Crippen LogP contribution in [0.25, 0.3) is 0 Å². The van der Waals surface area contributed by atoms with Crippen LogP contribution in [0.2, 0.25) is 0 Å². The van der Waals surface area contributed by atoms with Gasteiger partial charge >= 0.3 is 0 Å². The van der Waals surface area contributed by atoms with Crippen molar-refractivity contribution in [1.82, 2.24) is 4.90 Å². The maximum atomic E-state index is 12.2. The SMILES string of the molecule is CC1=C(C(C)(C)CCc2ccccc2)C(=O)N(C)C1=O. The predicted octanol–water partition coefficient (Wildman–Crippen LogP) is 2.96. The lowest BCUT2D eigenvalue weighted by Crippen LogP contribution is -2.30. The third-order valence-corrected chi connectivity index (χ3v) is 4.08. The minimum atomic E-state index is -0.294. The van der Waals surface area contributed by atoms with Gasteiger partial charge in [0.05, 0.1) is 0 Å². The van der Waals surface area contributed by atoms with Gasteiger partial charge in [-0.3, -0.25) is 14.5 Å². The Labute approximate surface area is 120 Å². The number of benzene rings is 1. The second-order valence-corrected chi connectivity index (χ2v) is 6.04. The number of carbonyl (C=O) groups is 2. The predicted molar refractivity (Wildman–Crippen MR) is 79.0 cm³/mol. The minimum Gasteiger partial charge on any atom is -0.278 e. The Hall–Kier alpha value is -1.90. The lowest BCUT2D eigenvalue weighted by Gasteiger charge is -2.26. The van der Waals surface area contributed by atoms with Gasteiger partial charge in [0, 0.05) is 18.2 Å². The van der Waals surface area contributed by atoms with Gasteiger partial charge in [-0.15, -0.1) is 0 Å². The molecule has 3 nitrogen and oxygen atoms in total. The van der Waals surface area contributed by atoms with Crippen LogP contribution >= 0.6 is 0 Å². The number of amides is 2. The van der Waals surface area contributed by atoms with Crippen molar-refractivity contribution in [3.05, 3.63) is 47.0 Å². The van der Waals surface area contributed by atoms with Crippen LogP contribution in [0.5, 0.6) is 0 Å². The summed E-state index contributed by atoms with van der Waals surface area (Å²) in [6.45, 7) is 5.83. The third-order valence-electron chi connectivity index (χ3n) is 4.08. The molecule has 0 aliphatic carbocycles. The Morgan fingerprint density at radius 1 is 1.05 bits per heavy atom. The largest absolute Gasteiger partial charge is 0.278 e. The van der Waals surface area contributed by atoms with E-state index in [0.29, 0.717) is 11.1 Å². The number of aryl methyl sites for hydroxylation is 1. The Balaban J connectivity index is 2.19. The molecule has 0 radical (unpaired) electrons. The lowest BCUT2D eigenvalue weighted by molar-refractivity contribution is -0.136. The second-order valence-electron chi connectivity index (χ2n) is 6.04. The molecule has 1 aliphatic heterocycles. The standard InChI is InChI=1S/C17H21NO2/c1-12-14(16(20)18(4)15(12)19)17(2,3)11-10-13-8-6-5-7-9-13/h5-9H,10-11H2,1-4H3. The molecule has 0 atom stereocenters. The fourth-order valence-electron chi connectivity index (χ4n) is 2.80. The molecule has 3 heteroatoms. The van der Waals surface area contributed by atoms with Crippen LogP contribution in [0.15, 0.2) is 41.5 Å². The molecule has 20 heavy (non-hydrogen) atoms. The molecule has 0 saturated carbocycles. The maximum Gasteiger partial charge on any atom is 0.257 e. The average molecular weight is 271 g/mol. The van der Waals surface area contributed by atoms with E-state index in [-0.39, 0.29) is 17.2 Å². The van der Waals surface area contributed by atoms with E-state index < -0.39 is 0 Å². The lowest BCUT2D eigenvalue weighted by atomic mass is 9.77. The molecule has 0 saturated heterocycles. The summed E-state index contributed by atoms with van der Waals surface area (Å²) < 4.78 is 0. The maximum absolute atomic E-state index is 12.2. The van der Waals surface area contributed by atoms with Crippen LogP contribution in [-0.2, 0) is 16.0 Å². The molecule has 2 amide bonds. The summed E-state index contributed by atoms with van der Waals surface area (Å²) in [5.41, 5.74) is 2.22. The summed E-state index contributed by atoms with van der Waals surface area (Å²) in [6.07, 6.45) is 1.74. The van der Waals surface area contributed by atoms with E-state index in [1.807, 2.05) is 32.0 Å². The van der Waals surface area contributed by atoms with Crippen molar-refractivity contribution in [3.63, 3.8) is 0 Å². The summed E-state index contributed by atoms with van der Waals surface area (Å²) in [6, 6.07) is 10.2. The number of rotatable bonds is 4. The first kappa shape index (κ1) is 14.5. The Morgan fingerprint density at radius 3 is 2.15 bits per heavy atom. The topological polar surface area (TPSA) is 37.4 Å². The first-order valence-electron chi connectivity index (χ1n) is 6.92. The summed E-state index contributed by atoms with van der Waals surface area (Å²) in [4.78, 5) is 25.3. The van der Waals surface area contributed by atoms with Crippen molar-refractivity contribution in [2.75, 3.05) is 7.05 Å². The number of hydrogen-bond donors (Lipinski definition) is 0. The monoisotopic (exact) mass is 271 g/mol. The van der Waals surface area contributed by atoms with Crippen LogP contribution in [0.4, 0.5) is 0 Å². The molecule has 0 fully saturated rings. The van der Waals surface area contributed by atoms with Crippen molar-refractivity contribution in [3.8, 4) is 0 Å². The normalized spacial score (nSPS) is 16.3. The van der Waals surface area contributed by atoms with Crippen molar-refractivity contribution in [1.29, 1.82) is 0 Å².